The van der Waals surface area contributed by atoms with E-state index in [1.165, 1.54) is 12.8 Å². The van der Waals surface area contributed by atoms with Crippen molar-refractivity contribution in [1.29, 1.82) is 0 Å². The summed E-state index contributed by atoms with van der Waals surface area (Å²) in [5, 5.41) is 7.38. The molecule has 7 nitrogen and oxygen atoms in total. The zero-order chi connectivity index (χ0) is 16.1. The van der Waals surface area contributed by atoms with Crippen molar-refractivity contribution in [3.63, 3.8) is 0 Å². The number of hydrogen-bond donors (Lipinski definition) is 1. The Hall–Kier alpha value is -0.900. The van der Waals surface area contributed by atoms with Crippen molar-refractivity contribution in [2.75, 3.05) is 39.4 Å². The van der Waals surface area contributed by atoms with Gasteiger partial charge >= 0.3 is 0 Å². The van der Waals surface area contributed by atoms with Crippen LogP contribution in [0.3, 0.4) is 0 Å². The van der Waals surface area contributed by atoms with Crippen molar-refractivity contribution < 1.29 is 9.26 Å². The molecule has 2 fully saturated rings. The van der Waals surface area contributed by atoms with Crippen LogP contribution in [0, 0.1) is 5.41 Å². The molecular weight excluding hydrogens is 421 g/mol. The Kier molecular flexibility index (Phi) is 7.27. The van der Waals surface area contributed by atoms with Crippen molar-refractivity contribution >= 4 is 29.9 Å². The summed E-state index contributed by atoms with van der Waals surface area (Å²) >= 11 is 0. The van der Waals surface area contributed by atoms with E-state index in [2.05, 4.69) is 27.3 Å². The Labute approximate surface area is 160 Å². The SMILES string of the molecule is CCNC(=NCCc1noc(CC)n1)N1CCC2(CCOC2)C1.I. The van der Waals surface area contributed by atoms with Gasteiger partial charge in [-0.1, -0.05) is 12.1 Å². The van der Waals surface area contributed by atoms with Crippen LogP contribution in [-0.2, 0) is 17.6 Å². The number of ether oxygens (including phenoxy) is 1. The fraction of sp³-hybridized carbons (Fsp3) is 0.812. The Balaban J connectivity index is 0.00000208. The van der Waals surface area contributed by atoms with Crippen LogP contribution in [0.5, 0.6) is 0 Å². The number of aliphatic imine (C=N–C) groups is 1. The monoisotopic (exact) mass is 449 g/mol. The van der Waals surface area contributed by atoms with Gasteiger partial charge in [0.05, 0.1) is 6.61 Å². The summed E-state index contributed by atoms with van der Waals surface area (Å²) in [5.41, 5.74) is 0.347. The number of guanidine groups is 1. The van der Waals surface area contributed by atoms with Crippen molar-refractivity contribution in [2.24, 2.45) is 10.4 Å². The second kappa shape index (κ2) is 8.98. The molecule has 0 aromatic carbocycles. The average Bonchev–Trinajstić information content (AvgIpc) is 3.29. The average molecular weight is 449 g/mol. The standard InChI is InChI=1S/C16H27N5O2.HI/c1-3-14-19-13(20-23-14)5-8-18-15(17-4-2)21-9-6-16(11-21)7-10-22-12-16;/h3-12H2,1-2H3,(H,17,18);1H. The fourth-order valence-electron chi connectivity index (χ4n) is 3.31. The van der Waals surface area contributed by atoms with Gasteiger partial charge in [-0.3, -0.25) is 4.99 Å². The van der Waals surface area contributed by atoms with Gasteiger partial charge in [0.1, 0.15) is 0 Å². The molecule has 1 atom stereocenters. The Morgan fingerprint density at radius 3 is 2.92 bits per heavy atom. The van der Waals surface area contributed by atoms with Crippen molar-refractivity contribution in [2.45, 2.75) is 39.5 Å². The summed E-state index contributed by atoms with van der Waals surface area (Å²) in [5.74, 6) is 2.43. The van der Waals surface area contributed by atoms with Crippen LogP contribution < -0.4 is 5.32 Å². The summed E-state index contributed by atoms with van der Waals surface area (Å²) in [6.07, 6.45) is 3.85. The molecule has 0 radical (unpaired) electrons. The number of aromatic nitrogens is 2. The predicted octanol–water partition coefficient (Wildman–Crippen LogP) is 1.87. The first-order valence-corrected chi connectivity index (χ1v) is 8.67. The molecule has 1 aromatic rings. The van der Waals surface area contributed by atoms with Crippen LogP contribution in [0.2, 0.25) is 0 Å². The van der Waals surface area contributed by atoms with Crippen LogP contribution in [-0.4, -0.2) is 60.4 Å². The maximum Gasteiger partial charge on any atom is 0.226 e. The predicted molar refractivity (Wildman–Crippen MR) is 103 cm³/mol. The first-order chi connectivity index (χ1) is 11.2. The van der Waals surface area contributed by atoms with Crippen molar-refractivity contribution in [1.82, 2.24) is 20.4 Å². The van der Waals surface area contributed by atoms with E-state index in [4.69, 9.17) is 14.3 Å². The quantitative estimate of drug-likeness (QED) is 0.420. The first kappa shape index (κ1) is 19.4. The lowest BCUT2D eigenvalue weighted by Crippen LogP contribution is -2.41. The summed E-state index contributed by atoms with van der Waals surface area (Å²) < 4.78 is 10.7. The molecule has 1 spiro atoms. The second-order valence-corrected chi connectivity index (χ2v) is 6.42. The maximum absolute atomic E-state index is 5.61. The van der Waals surface area contributed by atoms with Gasteiger partial charge in [-0.2, -0.15) is 4.98 Å². The van der Waals surface area contributed by atoms with Gasteiger partial charge in [-0.25, -0.2) is 0 Å². The number of nitrogens with one attached hydrogen (secondary N) is 1. The molecule has 1 aromatic heterocycles. The van der Waals surface area contributed by atoms with E-state index in [1.54, 1.807) is 0 Å². The third-order valence-electron chi connectivity index (χ3n) is 4.67. The zero-order valence-electron chi connectivity index (χ0n) is 14.6. The third kappa shape index (κ3) is 4.59. The van der Waals surface area contributed by atoms with Crippen LogP contribution in [0.15, 0.2) is 9.52 Å². The van der Waals surface area contributed by atoms with E-state index in [9.17, 15) is 0 Å². The van der Waals surface area contributed by atoms with Gasteiger partial charge < -0.3 is 19.5 Å². The molecule has 0 aliphatic carbocycles. The van der Waals surface area contributed by atoms with Gasteiger partial charge in [0, 0.05) is 51.0 Å². The molecule has 2 saturated heterocycles. The molecule has 3 rings (SSSR count). The number of nitrogens with zero attached hydrogens (tertiary/aromatic N) is 4. The minimum atomic E-state index is 0. The second-order valence-electron chi connectivity index (χ2n) is 6.42. The maximum atomic E-state index is 5.61. The summed E-state index contributed by atoms with van der Waals surface area (Å²) in [7, 11) is 0. The van der Waals surface area contributed by atoms with Crippen LogP contribution in [0.4, 0.5) is 0 Å². The number of hydrogen-bond acceptors (Lipinski definition) is 5. The largest absolute Gasteiger partial charge is 0.381 e. The van der Waals surface area contributed by atoms with Crippen LogP contribution in [0.1, 0.15) is 38.4 Å². The van der Waals surface area contributed by atoms with E-state index < -0.39 is 0 Å². The summed E-state index contributed by atoms with van der Waals surface area (Å²) in [6, 6.07) is 0. The third-order valence-corrected chi connectivity index (χ3v) is 4.67. The molecular formula is C16H28IN5O2. The molecule has 24 heavy (non-hydrogen) atoms. The van der Waals surface area contributed by atoms with Gasteiger partial charge in [-0.05, 0) is 19.8 Å². The molecule has 2 aliphatic heterocycles. The van der Waals surface area contributed by atoms with E-state index in [0.29, 0.717) is 24.3 Å². The molecule has 1 N–H and O–H groups in total. The normalized spacial score (nSPS) is 23.8. The van der Waals surface area contributed by atoms with Gasteiger partial charge in [0.2, 0.25) is 5.89 Å². The van der Waals surface area contributed by atoms with Crippen LogP contribution >= 0.6 is 24.0 Å². The highest BCUT2D eigenvalue weighted by Gasteiger charge is 2.42. The molecule has 0 bridgehead atoms. The molecule has 136 valence electrons. The smallest absolute Gasteiger partial charge is 0.226 e. The highest BCUT2D eigenvalue weighted by Crippen LogP contribution is 2.38. The Bertz CT molecular complexity index is 542. The topological polar surface area (TPSA) is 75.8 Å². The van der Waals surface area contributed by atoms with Crippen molar-refractivity contribution in [3.05, 3.63) is 11.7 Å². The highest BCUT2D eigenvalue weighted by molar-refractivity contribution is 14.0. The van der Waals surface area contributed by atoms with Gasteiger partial charge in [0.25, 0.3) is 0 Å². The van der Waals surface area contributed by atoms with E-state index in [-0.39, 0.29) is 24.0 Å². The van der Waals surface area contributed by atoms with Gasteiger partial charge in [0.15, 0.2) is 11.8 Å². The molecule has 1 unspecified atom stereocenters. The van der Waals surface area contributed by atoms with E-state index in [1.807, 2.05) is 6.92 Å². The Morgan fingerprint density at radius 2 is 2.25 bits per heavy atom. The van der Waals surface area contributed by atoms with E-state index >= 15 is 0 Å². The van der Waals surface area contributed by atoms with Crippen LogP contribution in [0.25, 0.3) is 0 Å². The lowest BCUT2D eigenvalue weighted by atomic mass is 9.87. The van der Waals surface area contributed by atoms with E-state index in [0.717, 1.165) is 51.1 Å². The minimum absolute atomic E-state index is 0. The zero-order valence-corrected chi connectivity index (χ0v) is 16.9. The Morgan fingerprint density at radius 1 is 1.38 bits per heavy atom. The highest BCUT2D eigenvalue weighted by atomic mass is 127. The lowest BCUT2D eigenvalue weighted by Gasteiger charge is -2.24. The molecule has 3 heterocycles. The number of aryl methyl sites for hydroxylation is 1. The minimum Gasteiger partial charge on any atom is -0.381 e. The first-order valence-electron chi connectivity index (χ1n) is 8.67. The summed E-state index contributed by atoms with van der Waals surface area (Å²) in [4.78, 5) is 11.4. The summed E-state index contributed by atoms with van der Waals surface area (Å²) in [6.45, 7) is 9.55. The number of rotatable bonds is 5. The number of halogens is 1. The molecule has 2 aliphatic rings. The molecule has 8 heteroatoms. The molecule has 0 amide bonds. The van der Waals surface area contributed by atoms with Gasteiger partial charge in [-0.15, -0.1) is 24.0 Å². The molecule has 0 saturated carbocycles. The van der Waals surface area contributed by atoms with Crippen molar-refractivity contribution in [3.8, 4) is 0 Å². The number of likely N-dealkylation sites (tertiary alicyclic amines) is 1. The fourth-order valence-corrected chi connectivity index (χ4v) is 3.31. The lowest BCUT2D eigenvalue weighted by molar-refractivity contribution is 0.156.